The first-order valence-electron chi connectivity index (χ1n) is 8.14. The Kier molecular flexibility index (Phi) is 7.07. The number of carbonyl (C=O) groups excluding carboxylic acids is 1. The molecule has 1 aromatic rings. The first-order chi connectivity index (χ1) is 13.3. The van der Waals surface area contributed by atoms with E-state index in [-0.39, 0.29) is 28.2 Å². The number of carbonyl (C=O) groups is 1. The number of non-ortho nitro benzene ring substituents is 1. The molecule has 9 nitrogen and oxygen atoms in total. The minimum atomic E-state index is -0.662. The molecule has 0 spiro atoms. The molecule has 0 saturated heterocycles. The number of nitro benzene ring substituents is 1. The fraction of sp³-hybridized carbons (Fsp3) is 0.235. The number of esters is 1. The van der Waals surface area contributed by atoms with Gasteiger partial charge in [-0.3, -0.25) is 15.5 Å². The van der Waals surface area contributed by atoms with E-state index in [0.29, 0.717) is 16.8 Å². The molecule has 11 heteroatoms. The standard InChI is InChI=1S/C17H18ClN5O4S/c1-3-27-16(24)13-9(2)21-15(18)12(8-20-22-17(19)28)14(13)10-4-6-11(7-5-10)23(25)26/h4-8,14,20H,3H2,1-2H3,(H3,19,22,28)/b12-8-. The minimum Gasteiger partial charge on any atom is -0.463 e. The van der Waals surface area contributed by atoms with Crippen LogP contribution in [0.15, 0.2) is 52.3 Å². The highest BCUT2D eigenvalue weighted by molar-refractivity contribution is 7.80. The van der Waals surface area contributed by atoms with Gasteiger partial charge in [-0.1, -0.05) is 23.7 Å². The second-order valence-electron chi connectivity index (χ2n) is 5.64. The molecule has 1 aromatic carbocycles. The highest BCUT2D eigenvalue weighted by Gasteiger charge is 2.34. The Morgan fingerprint density at radius 1 is 1.46 bits per heavy atom. The maximum Gasteiger partial charge on any atom is 0.336 e. The molecule has 1 aliphatic heterocycles. The molecule has 0 bridgehead atoms. The average molecular weight is 424 g/mol. The predicted molar refractivity (Wildman–Crippen MR) is 110 cm³/mol. The maximum atomic E-state index is 12.6. The summed E-state index contributed by atoms with van der Waals surface area (Å²) in [6, 6.07) is 5.82. The molecule has 28 heavy (non-hydrogen) atoms. The van der Waals surface area contributed by atoms with Gasteiger partial charge in [0, 0.05) is 29.8 Å². The molecule has 0 fully saturated rings. The quantitative estimate of drug-likeness (QED) is 0.275. The fourth-order valence-electron chi connectivity index (χ4n) is 2.69. The van der Waals surface area contributed by atoms with E-state index < -0.39 is 16.8 Å². The Bertz CT molecular complexity index is 895. The van der Waals surface area contributed by atoms with Crippen LogP contribution in [0, 0.1) is 10.1 Å². The Hall–Kier alpha value is -2.98. The van der Waals surface area contributed by atoms with Gasteiger partial charge in [0.1, 0.15) is 5.17 Å². The molecular formula is C17H18ClN5O4S. The Balaban J connectivity index is 2.57. The number of allylic oxidation sites excluding steroid dienone is 2. The number of hydrogen-bond acceptors (Lipinski definition) is 7. The SMILES string of the molecule is CCOC(=O)C1=C(C)N=C(Cl)/C(=C\NNC(N)=S)C1c1ccc([N+](=O)[O-])cc1. The largest absolute Gasteiger partial charge is 0.463 e. The number of hydrogen-bond donors (Lipinski definition) is 3. The molecule has 2 rings (SSSR count). The van der Waals surface area contributed by atoms with Crippen LogP contribution in [0.3, 0.4) is 0 Å². The van der Waals surface area contributed by atoms with Crippen molar-refractivity contribution in [1.29, 1.82) is 0 Å². The second kappa shape index (κ2) is 9.29. The average Bonchev–Trinajstić information content (AvgIpc) is 2.63. The Morgan fingerprint density at radius 2 is 2.11 bits per heavy atom. The highest BCUT2D eigenvalue weighted by Crippen LogP contribution is 2.40. The zero-order valence-corrected chi connectivity index (χ0v) is 16.6. The third-order valence-electron chi connectivity index (χ3n) is 3.85. The fourth-order valence-corrected chi connectivity index (χ4v) is 3.04. The van der Waals surface area contributed by atoms with Crippen LogP contribution in [-0.2, 0) is 9.53 Å². The van der Waals surface area contributed by atoms with Gasteiger partial charge in [-0.2, -0.15) is 0 Å². The number of thiocarbonyl (C=S) groups is 1. The van der Waals surface area contributed by atoms with Crippen LogP contribution in [0.25, 0.3) is 0 Å². The van der Waals surface area contributed by atoms with Crippen molar-refractivity contribution in [1.82, 2.24) is 10.9 Å². The lowest BCUT2D eigenvalue weighted by Crippen LogP contribution is -2.38. The van der Waals surface area contributed by atoms with Crippen LogP contribution in [0.2, 0.25) is 0 Å². The van der Waals surface area contributed by atoms with Gasteiger partial charge >= 0.3 is 5.97 Å². The molecule has 0 aromatic heterocycles. The van der Waals surface area contributed by atoms with Crippen LogP contribution < -0.4 is 16.6 Å². The van der Waals surface area contributed by atoms with Crippen LogP contribution >= 0.6 is 23.8 Å². The summed E-state index contributed by atoms with van der Waals surface area (Å²) in [6.45, 7) is 3.52. The maximum absolute atomic E-state index is 12.6. The molecule has 1 aliphatic rings. The Morgan fingerprint density at radius 3 is 2.64 bits per heavy atom. The molecule has 0 amide bonds. The summed E-state index contributed by atoms with van der Waals surface area (Å²) >= 11 is 11.1. The van der Waals surface area contributed by atoms with Crippen molar-refractivity contribution < 1.29 is 14.5 Å². The third-order valence-corrected chi connectivity index (χ3v) is 4.25. The lowest BCUT2D eigenvalue weighted by Gasteiger charge is -2.27. The van der Waals surface area contributed by atoms with Gasteiger partial charge in [0.2, 0.25) is 0 Å². The monoisotopic (exact) mass is 423 g/mol. The highest BCUT2D eigenvalue weighted by atomic mass is 35.5. The van der Waals surface area contributed by atoms with Crippen LogP contribution in [0.1, 0.15) is 25.3 Å². The van der Waals surface area contributed by atoms with E-state index in [1.165, 1.54) is 18.3 Å². The number of nitro groups is 1. The Labute approximate surface area is 171 Å². The number of nitrogens with two attached hydrogens (primary N) is 1. The normalized spacial score (nSPS) is 17.8. The number of ether oxygens (including phenoxy) is 1. The summed E-state index contributed by atoms with van der Waals surface area (Å²) in [6.07, 6.45) is 1.47. The first kappa shape index (κ1) is 21.3. The molecule has 0 saturated carbocycles. The van der Waals surface area contributed by atoms with Crippen molar-refractivity contribution in [3.63, 3.8) is 0 Å². The van der Waals surface area contributed by atoms with Gasteiger partial charge < -0.3 is 15.9 Å². The number of rotatable bonds is 6. The topological polar surface area (TPSA) is 132 Å². The van der Waals surface area contributed by atoms with Crippen LogP contribution in [0.4, 0.5) is 5.69 Å². The molecule has 1 atom stereocenters. The van der Waals surface area contributed by atoms with E-state index in [2.05, 4.69) is 15.8 Å². The lowest BCUT2D eigenvalue weighted by atomic mass is 9.82. The zero-order valence-electron chi connectivity index (χ0n) is 15.1. The molecular weight excluding hydrogens is 406 g/mol. The van der Waals surface area contributed by atoms with E-state index >= 15 is 0 Å². The number of halogens is 1. The van der Waals surface area contributed by atoms with Gasteiger partial charge in [-0.25, -0.2) is 9.79 Å². The predicted octanol–water partition coefficient (Wildman–Crippen LogP) is 2.39. The number of hydrazine groups is 1. The van der Waals surface area contributed by atoms with Gasteiger partial charge in [-0.05, 0) is 31.6 Å². The second-order valence-corrected chi connectivity index (χ2v) is 6.43. The zero-order chi connectivity index (χ0) is 20.8. The van der Waals surface area contributed by atoms with Crippen LogP contribution in [0.5, 0.6) is 0 Å². The van der Waals surface area contributed by atoms with Crippen LogP contribution in [-0.4, -0.2) is 27.8 Å². The van der Waals surface area contributed by atoms with E-state index in [9.17, 15) is 14.9 Å². The summed E-state index contributed by atoms with van der Waals surface area (Å²) in [5.41, 5.74) is 12.3. The summed E-state index contributed by atoms with van der Waals surface area (Å²) in [5, 5.41) is 11.1. The van der Waals surface area contributed by atoms with Gasteiger partial charge in [0.25, 0.3) is 5.69 Å². The third kappa shape index (κ3) is 4.84. The number of benzene rings is 1. The van der Waals surface area contributed by atoms with E-state index in [0.717, 1.165) is 0 Å². The van der Waals surface area contributed by atoms with E-state index in [1.807, 2.05) is 0 Å². The molecule has 0 aliphatic carbocycles. The number of nitrogens with zero attached hydrogens (tertiary/aromatic N) is 2. The van der Waals surface area contributed by atoms with E-state index in [1.54, 1.807) is 26.0 Å². The number of nitrogens with one attached hydrogen (secondary N) is 2. The van der Waals surface area contributed by atoms with E-state index in [4.69, 9.17) is 34.3 Å². The first-order valence-corrected chi connectivity index (χ1v) is 8.92. The van der Waals surface area contributed by atoms with Crippen molar-refractivity contribution in [3.8, 4) is 0 Å². The lowest BCUT2D eigenvalue weighted by molar-refractivity contribution is -0.384. The smallest absolute Gasteiger partial charge is 0.336 e. The summed E-state index contributed by atoms with van der Waals surface area (Å²) < 4.78 is 5.17. The van der Waals surface area contributed by atoms with Crippen molar-refractivity contribution in [2.24, 2.45) is 10.7 Å². The summed E-state index contributed by atoms with van der Waals surface area (Å²) in [7, 11) is 0. The molecule has 148 valence electrons. The van der Waals surface area contributed by atoms with Gasteiger partial charge in [0.05, 0.1) is 22.8 Å². The minimum absolute atomic E-state index is 0.00458. The molecule has 1 heterocycles. The summed E-state index contributed by atoms with van der Waals surface area (Å²) in [5.74, 6) is -1.21. The van der Waals surface area contributed by atoms with Crippen molar-refractivity contribution in [2.75, 3.05) is 6.61 Å². The van der Waals surface area contributed by atoms with Gasteiger partial charge in [0.15, 0.2) is 5.11 Å². The molecule has 0 radical (unpaired) electrons. The molecule has 1 unspecified atom stereocenters. The van der Waals surface area contributed by atoms with Crippen molar-refractivity contribution in [3.05, 3.63) is 63.0 Å². The van der Waals surface area contributed by atoms with Gasteiger partial charge in [-0.15, -0.1) is 0 Å². The summed E-state index contributed by atoms with van der Waals surface area (Å²) in [4.78, 5) is 27.3. The number of aliphatic imine (C=N–C) groups is 1. The van der Waals surface area contributed by atoms with Crippen molar-refractivity contribution >= 4 is 45.8 Å². The molecule has 4 N–H and O–H groups in total. The van der Waals surface area contributed by atoms with Crippen molar-refractivity contribution in [2.45, 2.75) is 19.8 Å².